The summed E-state index contributed by atoms with van der Waals surface area (Å²) in [6.45, 7) is 1.80. The molecule has 1 aliphatic rings. The summed E-state index contributed by atoms with van der Waals surface area (Å²) in [5, 5.41) is 4.19. The molecule has 1 aliphatic heterocycles. The minimum Gasteiger partial charge on any atom is -0.457 e. The van der Waals surface area contributed by atoms with Crippen molar-refractivity contribution in [1.82, 2.24) is 24.1 Å². The van der Waals surface area contributed by atoms with Gasteiger partial charge in [-0.25, -0.2) is 23.1 Å². The van der Waals surface area contributed by atoms with E-state index in [4.69, 9.17) is 4.74 Å². The van der Waals surface area contributed by atoms with Crippen molar-refractivity contribution in [2.75, 3.05) is 31.1 Å². The molecule has 1 fully saturated rings. The van der Waals surface area contributed by atoms with Gasteiger partial charge in [0.25, 0.3) is 0 Å². The number of aromatic nitrogens is 4. The van der Waals surface area contributed by atoms with E-state index in [2.05, 4.69) is 20.0 Å². The van der Waals surface area contributed by atoms with E-state index < -0.39 is 10.0 Å². The molecule has 1 saturated heterocycles. The second-order valence-corrected chi connectivity index (χ2v) is 9.40. The summed E-state index contributed by atoms with van der Waals surface area (Å²) >= 11 is 0. The lowest BCUT2D eigenvalue weighted by Gasteiger charge is -2.34. The standard InChI is InChI=1S/C23H22N6O3S/c30-33(31,21-9-7-20(8-10-21)32-19-5-2-1-3-6-19)28-15-13-27(14-16-28)22-17-23(25-18-24-22)29-12-4-11-26-29/h1-12,17-18H,13-16H2. The Kier molecular flexibility index (Phi) is 5.76. The molecule has 3 heterocycles. The van der Waals surface area contributed by atoms with Gasteiger partial charge in [0.05, 0.1) is 4.90 Å². The molecule has 9 nitrogen and oxygen atoms in total. The third-order valence-corrected chi connectivity index (χ3v) is 7.29. The van der Waals surface area contributed by atoms with E-state index in [0.717, 1.165) is 5.82 Å². The Bertz CT molecular complexity index is 1300. The van der Waals surface area contributed by atoms with Crippen LogP contribution in [-0.4, -0.2) is 58.7 Å². The molecular weight excluding hydrogens is 440 g/mol. The molecule has 0 radical (unpaired) electrons. The van der Waals surface area contributed by atoms with Gasteiger partial charge in [-0.05, 0) is 42.5 Å². The van der Waals surface area contributed by atoms with E-state index in [0.29, 0.717) is 43.5 Å². The predicted molar refractivity (Wildman–Crippen MR) is 123 cm³/mol. The van der Waals surface area contributed by atoms with Crippen LogP contribution in [0.15, 0.2) is 90.3 Å². The molecule has 0 unspecified atom stereocenters. The van der Waals surface area contributed by atoms with Crippen LogP contribution in [0.5, 0.6) is 11.5 Å². The Morgan fingerprint density at radius 2 is 1.48 bits per heavy atom. The van der Waals surface area contributed by atoms with Crippen LogP contribution in [0.2, 0.25) is 0 Å². The minimum atomic E-state index is -3.60. The number of para-hydroxylation sites is 1. The molecule has 0 N–H and O–H groups in total. The number of ether oxygens (including phenoxy) is 1. The molecule has 0 amide bonds. The summed E-state index contributed by atoms with van der Waals surface area (Å²) in [5.41, 5.74) is 0. The van der Waals surface area contributed by atoms with Crippen LogP contribution < -0.4 is 9.64 Å². The van der Waals surface area contributed by atoms with Gasteiger partial charge in [0.15, 0.2) is 5.82 Å². The van der Waals surface area contributed by atoms with Gasteiger partial charge < -0.3 is 9.64 Å². The van der Waals surface area contributed by atoms with E-state index >= 15 is 0 Å². The molecule has 2 aromatic carbocycles. The lowest BCUT2D eigenvalue weighted by atomic mass is 10.3. The average molecular weight is 463 g/mol. The second-order valence-electron chi connectivity index (χ2n) is 7.46. The van der Waals surface area contributed by atoms with Crippen molar-refractivity contribution in [3.63, 3.8) is 0 Å². The van der Waals surface area contributed by atoms with E-state index in [1.165, 1.54) is 10.6 Å². The number of piperazine rings is 1. The zero-order valence-corrected chi connectivity index (χ0v) is 18.5. The topological polar surface area (TPSA) is 93.5 Å². The van der Waals surface area contributed by atoms with Crippen LogP contribution in [-0.2, 0) is 10.0 Å². The highest BCUT2D eigenvalue weighted by atomic mass is 32.2. The fraction of sp³-hybridized carbons (Fsp3) is 0.174. The third kappa shape index (κ3) is 4.57. The average Bonchev–Trinajstić information content (AvgIpc) is 3.41. The summed E-state index contributed by atoms with van der Waals surface area (Å²) in [6.07, 6.45) is 4.99. The van der Waals surface area contributed by atoms with E-state index in [1.807, 2.05) is 48.7 Å². The van der Waals surface area contributed by atoms with Crippen molar-refractivity contribution in [3.05, 3.63) is 85.5 Å². The molecule has 2 aromatic heterocycles. The molecule has 33 heavy (non-hydrogen) atoms. The first-order valence-corrected chi connectivity index (χ1v) is 11.9. The summed E-state index contributed by atoms with van der Waals surface area (Å²) in [6, 6.07) is 19.6. The van der Waals surface area contributed by atoms with Crippen LogP contribution >= 0.6 is 0 Å². The molecule has 0 atom stereocenters. The summed E-state index contributed by atoms with van der Waals surface area (Å²) in [4.78, 5) is 10.9. The highest BCUT2D eigenvalue weighted by Gasteiger charge is 2.29. The molecule has 0 bridgehead atoms. The van der Waals surface area contributed by atoms with Crippen LogP contribution in [0.1, 0.15) is 0 Å². The lowest BCUT2D eigenvalue weighted by molar-refractivity contribution is 0.383. The van der Waals surface area contributed by atoms with Crippen LogP contribution in [0.4, 0.5) is 5.82 Å². The number of hydrogen-bond acceptors (Lipinski definition) is 7. The number of rotatable bonds is 6. The van der Waals surface area contributed by atoms with Gasteiger partial charge in [-0.3, -0.25) is 0 Å². The maximum Gasteiger partial charge on any atom is 0.243 e. The SMILES string of the molecule is O=S(=O)(c1ccc(Oc2ccccc2)cc1)N1CCN(c2cc(-n3cccn3)ncn2)CC1. The first-order chi connectivity index (χ1) is 16.1. The second kappa shape index (κ2) is 9.00. The number of anilines is 1. The fourth-order valence-corrected chi connectivity index (χ4v) is 5.07. The molecule has 10 heteroatoms. The van der Waals surface area contributed by atoms with Crippen molar-refractivity contribution in [3.8, 4) is 17.3 Å². The Balaban J connectivity index is 1.24. The Hall–Kier alpha value is -3.76. The molecule has 0 spiro atoms. The Morgan fingerprint density at radius 1 is 0.788 bits per heavy atom. The summed E-state index contributed by atoms with van der Waals surface area (Å²) in [7, 11) is -3.60. The molecule has 5 rings (SSSR count). The van der Waals surface area contributed by atoms with Crippen LogP contribution in [0, 0.1) is 0 Å². The first kappa shape index (κ1) is 21.1. The third-order valence-electron chi connectivity index (χ3n) is 5.38. The quantitative estimate of drug-likeness (QED) is 0.435. The van der Waals surface area contributed by atoms with Gasteiger partial charge >= 0.3 is 0 Å². The predicted octanol–water partition coefficient (Wildman–Crippen LogP) is 2.97. The van der Waals surface area contributed by atoms with E-state index in [1.54, 1.807) is 35.1 Å². The van der Waals surface area contributed by atoms with Crippen molar-refractivity contribution in [2.24, 2.45) is 0 Å². The molecular formula is C23H22N6O3S. The maximum absolute atomic E-state index is 13.1. The normalized spacial score (nSPS) is 14.8. The molecule has 168 valence electrons. The van der Waals surface area contributed by atoms with Gasteiger partial charge in [-0.2, -0.15) is 9.40 Å². The molecule has 4 aromatic rings. The van der Waals surface area contributed by atoms with Gasteiger partial charge in [-0.15, -0.1) is 0 Å². The zero-order chi connectivity index (χ0) is 22.7. The zero-order valence-electron chi connectivity index (χ0n) is 17.7. The Labute approximate surface area is 191 Å². The maximum atomic E-state index is 13.1. The highest BCUT2D eigenvalue weighted by molar-refractivity contribution is 7.89. The van der Waals surface area contributed by atoms with Gasteiger partial charge in [0, 0.05) is 44.6 Å². The van der Waals surface area contributed by atoms with Gasteiger partial charge in [-0.1, -0.05) is 18.2 Å². The van der Waals surface area contributed by atoms with Crippen LogP contribution in [0.3, 0.4) is 0 Å². The highest BCUT2D eigenvalue weighted by Crippen LogP contribution is 2.25. The van der Waals surface area contributed by atoms with Gasteiger partial charge in [0.2, 0.25) is 10.0 Å². The fourth-order valence-electron chi connectivity index (χ4n) is 3.65. The van der Waals surface area contributed by atoms with Crippen molar-refractivity contribution < 1.29 is 13.2 Å². The Morgan fingerprint density at radius 3 is 2.18 bits per heavy atom. The number of sulfonamides is 1. The summed E-state index contributed by atoms with van der Waals surface area (Å²) < 4.78 is 35.2. The van der Waals surface area contributed by atoms with Gasteiger partial charge in [0.1, 0.15) is 23.6 Å². The van der Waals surface area contributed by atoms with Crippen molar-refractivity contribution in [2.45, 2.75) is 4.90 Å². The number of benzene rings is 2. The first-order valence-electron chi connectivity index (χ1n) is 10.5. The molecule has 0 saturated carbocycles. The van der Waals surface area contributed by atoms with E-state index in [-0.39, 0.29) is 4.90 Å². The monoisotopic (exact) mass is 462 g/mol. The van der Waals surface area contributed by atoms with Crippen molar-refractivity contribution in [1.29, 1.82) is 0 Å². The largest absolute Gasteiger partial charge is 0.457 e. The van der Waals surface area contributed by atoms with Crippen LogP contribution in [0.25, 0.3) is 5.82 Å². The molecule has 0 aliphatic carbocycles. The minimum absolute atomic E-state index is 0.249. The van der Waals surface area contributed by atoms with E-state index in [9.17, 15) is 8.42 Å². The number of hydrogen-bond donors (Lipinski definition) is 0. The summed E-state index contributed by atoms with van der Waals surface area (Å²) in [5.74, 6) is 2.69. The smallest absolute Gasteiger partial charge is 0.243 e. The number of nitrogens with zero attached hydrogens (tertiary/aromatic N) is 6. The van der Waals surface area contributed by atoms with Crippen molar-refractivity contribution >= 4 is 15.8 Å². The lowest BCUT2D eigenvalue weighted by Crippen LogP contribution is -2.48.